The molecule has 0 fully saturated rings. The molecule has 0 saturated carbocycles. The van der Waals surface area contributed by atoms with E-state index in [1.807, 2.05) is 67.6 Å². The summed E-state index contributed by atoms with van der Waals surface area (Å²) in [6.45, 7) is 2.02. The number of aromatic nitrogens is 10. The van der Waals surface area contributed by atoms with E-state index >= 15 is 8.78 Å². The second kappa shape index (κ2) is 15.2. The maximum absolute atomic E-state index is 16.6. The summed E-state index contributed by atoms with van der Waals surface area (Å²) in [7, 11) is 0. The molecule has 6 heterocycles. The molecule has 65 heavy (non-hydrogen) atoms. The molecular weight excluding hydrogens is 815 g/mol. The van der Waals surface area contributed by atoms with Crippen LogP contribution < -0.4 is 0 Å². The molecule has 6 aromatic heterocycles. The van der Waals surface area contributed by atoms with Gasteiger partial charge < -0.3 is 9.13 Å². The van der Waals surface area contributed by atoms with Crippen molar-refractivity contribution in [3.8, 4) is 68.1 Å². The first-order chi connectivity index (χ1) is 32.0. The Labute approximate surface area is 369 Å². The minimum Gasteiger partial charge on any atom is -0.309 e. The first-order valence-electron chi connectivity index (χ1n) is 20.8. The lowest BCUT2D eigenvalue weighted by atomic mass is 9.98. The summed E-state index contributed by atoms with van der Waals surface area (Å²) in [4.78, 5) is 36.5. The van der Waals surface area contributed by atoms with Crippen molar-refractivity contribution in [1.82, 2.24) is 49.0 Å². The third kappa shape index (κ3) is 6.29. The minimum absolute atomic E-state index is 0.165. The third-order valence-electron chi connectivity index (χ3n) is 11.9. The highest BCUT2D eigenvalue weighted by Gasteiger charge is 2.25. The highest BCUT2D eigenvalue weighted by molar-refractivity contribution is 6.13. The second-order valence-electron chi connectivity index (χ2n) is 15.6. The fraction of sp³-hybridized carbons (Fsp3) is 0.0189. The lowest BCUT2D eigenvalue weighted by molar-refractivity contribution is 0.589. The molecule has 12 aromatic rings. The van der Waals surface area contributed by atoms with Crippen LogP contribution in [0.3, 0.4) is 0 Å². The molecule has 10 nitrogen and oxygen atoms in total. The van der Waals surface area contributed by atoms with Gasteiger partial charge in [0.1, 0.15) is 11.6 Å². The van der Waals surface area contributed by atoms with Crippen molar-refractivity contribution in [3.05, 3.63) is 194 Å². The maximum atomic E-state index is 16.6. The van der Waals surface area contributed by atoms with Gasteiger partial charge in [-0.25, -0.2) is 48.7 Å². The van der Waals surface area contributed by atoms with Crippen LogP contribution in [0, 0.1) is 18.6 Å². The molecule has 0 atom stereocenters. The molecule has 12 rings (SSSR count). The molecule has 0 bridgehead atoms. The first-order valence-corrected chi connectivity index (χ1v) is 20.8. The van der Waals surface area contributed by atoms with Crippen molar-refractivity contribution in [1.29, 1.82) is 0 Å². The second-order valence-corrected chi connectivity index (χ2v) is 15.6. The topological polar surface area (TPSA) is 113 Å². The minimum atomic E-state index is -0.701. The Kier molecular flexibility index (Phi) is 8.83. The Morgan fingerprint density at radius 2 is 0.677 bits per heavy atom. The van der Waals surface area contributed by atoms with Gasteiger partial charge in [0.05, 0.1) is 33.3 Å². The van der Waals surface area contributed by atoms with Crippen LogP contribution >= 0.6 is 0 Å². The number of hydrogen-bond donors (Lipinski definition) is 0. The lowest BCUT2D eigenvalue weighted by Gasteiger charge is -2.20. The monoisotopic (exact) mass is 846 g/mol. The quantitative estimate of drug-likeness (QED) is 0.156. The molecule has 0 saturated heterocycles. The number of halogens is 2. The predicted molar refractivity (Wildman–Crippen MR) is 249 cm³/mol. The van der Waals surface area contributed by atoms with Gasteiger partial charge in [-0.15, -0.1) is 0 Å². The third-order valence-corrected chi connectivity index (χ3v) is 11.9. The average molecular weight is 847 g/mol. The van der Waals surface area contributed by atoms with Crippen LogP contribution in [-0.2, 0) is 0 Å². The van der Waals surface area contributed by atoms with Gasteiger partial charge in [-0.05, 0) is 85.3 Å². The maximum Gasteiger partial charge on any atom is 0.159 e. The summed E-state index contributed by atoms with van der Waals surface area (Å²) in [6.07, 6.45) is 13.7. The zero-order chi connectivity index (χ0) is 43.6. The van der Waals surface area contributed by atoms with Gasteiger partial charge in [-0.2, -0.15) is 0 Å². The van der Waals surface area contributed by atoms with E-state index in [4.69, 9.17) is 0 Å². The highest BCUT2D eigenvalue weighted by atomic mass is 19.1. The van der Waals surface area contributed by atoms with Crippen LogP contribution in [0.4, 0.5) is 8.78 Å². The van der Waals surface area contributed by atoms with Crippen LogP contribution in [0.25, 0.3) is 112 Å². The number of hydrogen-bond acceptors (Lipinski definition) is 8. The standard InChI is InChI=1S/C53H32F2N10/c1-31-25-44(65-47-28-34(52-60-21-5-22-61-52)11-15-38(47)39-16-12-35(29-48(39)65)53-62-23-6-24-63-53)40(49-41(54)7-2-8-42(49)55)30-43(31)64-45-26-32(50-56-17-3-18-57-50)9-13-36(45)37-14-10-33(27-46(37)64)51-58-19-4-20-59-51/h2-30H,1H3. The van der Waals surface area contributed by atoms with E-state index < -0.39 is 11.6 Å². The Morgan fingerprint density at radius 3 is 1.02 bits per heavy atom. The van der Waals surface area contributed by atoms with E-state index in [1.165, 1.54) is 18.2 Å². The Morgan fingerprint density at radius 1 is 0.354 bits per heavy atom. The van der Waals surface area contributed by atoms with Crippen molar-refractivity contribution >= 4 is 43.6 Å². The molecule has 0 aliphatic heterocycles. The zero-order valence-electron chi connectivity index (χ0n) is 34.5. The smallest absolute Gasteiger partial charge is 0.159 e. The fourth-order valence-electron chi connectivity index (χ4n) is 8.97. The van der Waals surface area contributed by atoms with Crippen LogP contribution in [0.5, 0.6) is 0 Å². The first kappa shape index (κ1) is 37.8. The van der Waals surface area contributed by atoms with Gasteiger partial charge in [0, 0.05) is 105 Å². The van der Waals surface area contributed by atoms with E-state index in [1.54, 1.807) is 73.8 Å². The van der Waals surface area contributed by atoms with Gasteiger partial charge in [0.2, 0.25) is 0 Å². The van der Waals surface area contributed by atoms with E-state index in [2.05, 4.69) is 73.3 Å². The van der Waals surface area contributed by atoms with Crippen LogP contribution in [0.1, 0.15) is 5.56 Å². The molecule has 0 radical (unpaired) electrons. The summed E-state index contributed by atoms with van der Waals surface area (Å²) in [5, 5.41) is 3.79. The molecule has 0 N–H and O–H groups in total. The molecule has 308 valence electrons. The van der Waals surface area contributed by atoms with Crippen molar-refractivity contribution in [2.24, 2.45) is 0 Å². The molecule has 0 unspecified atom stereocenters. The molecule has 6 aromatic carbocycles. The predicted octanol–water partition coefficient (Wildman–Crippen LogP) is 12.0. The number of rotatable bonds is 7. The number of aryl methyl sites for hydroxylation is 1. The Hall–Kier alpha value is -8.90. The van der Waals surface area contributed by atoms with E-state index in [0.29, 0.717) is 40.2 Å². The highest BCUT2D eigenvalue weighted by Crippen LogP contribution is 2.44. The summed E-state index contributed by atoms with van der Waals surface area (Å²) < 4.78 is 37.4. The molecule has 0 aliphatic carbocycles. The molecule has 0 spiro atoms. The summed E-state index contributed by atoms with van der Waals surface area (Å²) in [5.74, 6) is 0.822. The largest absolute Gasteiger partial charge is 0.309 e. The number of nitrogens with zero attached hydrogens (tertiary/aromatic N) is 10. The van der Waals surface area contributed by atoms with Crippen LogP contribution in [-0.4, -0.2) is 49.0 Å². The summed E-state index contributed by atoms with van der Waals surface area (Å²) in [5.41, 5.74) is 8.74. The van der Waals surface area contributed by atoms with E-state index in [-0.39, 0.29) is 5.56 Å². The fourth-order valence-corrected chi connectivity index (χ4v) is 8.97. The van der Waals surface area contributed by atoms with Gasteiger partial charge in [0.15, 0.2) is 23.3 Å². The molecule has 12 heteroatoms. The normalized spacial score (nSPS) is 11.6. The van der Waals surface area contributed by atoms with Crippen LogP contribution in [0.15, 0.2) is 177 Å². The van der Waals surface area contributed by atoms with Gasteiger partial charge in [0.25, 0.3) is 0 Å². The zero-order valence-corrected chi connectivity index (χ0v) is 34.5. The number of benzene rings is 6. The van der Waals surface area contributed by atoms with E-state index in [9.17, 15) is 0 Å². The van der Waals surface area contributed by atoms with Crippen molar-refractivity contribution in [2.75, 3.05) is 0 Å². The SMILES string of the molecule is Cc1cc(-n2c3cc(-c4ncccn4)ccc3c3ccc(-c4ncccn4)cc32)c(-c2c(F)cccc2F)cc1-n1c2cc(-c3ncccn3)ccc2c2ccc(-c3ncccn3)cc21. The number of fused-ring (bicyclic) bond motifs is 6. The molecule has 0 aliphatic rings. The van der Waals surface area contributed by atoms with E-state index in [0.717, 1.165) is 71.4 Å². The lowest BCUT2D eigenvalue weighted by Crippen LogP contribution is -2.05. The van der Waals surface area contributed by atoms with Gasteiger partial charge in [-0.1, -0.05) is 54.6 Å². The average Bonchev–Trinajstić information content (AvgIpc) is 3.86. The summed E-state index contributed by atoms with van der Waals surface area (Å²) in [6, 6.07) is 39.4. The van der Waals surface area contributed by atoms with Gasteiger partial charge in [-0.3, -0.25) is 0 Å². The molecular formula is C53H32F2N10. The van der Waals surface area contributed by atoms with Crippen molar-refractivity contribution < 1.29 is 8.78 Å². The van der Waals surface area contributed by atoms with Crippen LogP contribution in [0.2, 0.25) is 0 Å². The van der Waals surface area contributed by atoms with Gasteiger partial charge >= 0.3 is 0 Å². The van der Waals surface area contributed by atoms with Crippen molar-refractivity contribution in [2.45, 2.75) is 6.92 Å². The Bertz CT molecular complexity index is 3590. The van der Waals surface area contributed by atoms with Crippen molar-refractivity contribution in [3.63, 3.8) is 0 Å². The Balaban J connectivity index is 1.20. The summed E-state index contributed by atoms with van der Waals surface area (Å²) >= 11 is 0. The molecule has 0 amide bonds.